The van der Waals surface area contributed by atoms with Crippen molar-refractivity contribution in [2.24, 2.45) is 0 Å². The lowest BCUT2D eigenvalue weighted by Gasteiger charge is -2.03. The van der Waals surface area contributed by atoms with Crippen molar-refractivity contribution in [3.8, 4) is 0 Å². The molecule has 0 aliphatic carbocycles. The molecule has 2 aromatic heterocycles. The van der Waals surface area contributed by atoms with Crippen molar-refractivity contribution in [3.05, 3.63) is 58.4 Å². The fourth-order valence-electron chi connectivity index (χ4n) is 2.03. The van der Waals surface area contributed by atoms with Gasteiger partial charge in [-0.25, -0.2) is 9.78 Å². The van der Waals surface area contributed by atoms with Gasteiger partial charge in [-0.15, -0.1) is 11.8 Å². The van der Waals surface area contributed by atoms with Crippen LogP contribution < -0.4 is 0 Å². The van der Waals surface area contributed by atoms with Crippen LogP contribution in [0.5, 0.6) is 0 Å². The number of hydrogen-bond donors (Lipinski definition) is 1. The van der Waals surface area contributed by atoms with Crippen LogP contribution in [0.15, 0.2) is 56.5 Å². The fourth-order valence-corrected chi connectivity index (χ4v) is 3.54. The van der Waals surface area contributed by atoms with Gasteiger partial charge in [0.25, 0.3) is 0 Å². The maximum absolute atomic E-state index is 11.3. The number of pyridine rings is 1. The zero-order chi connectivity index (χ0) is 14.8. The van der Waals surface area contributed by atoms with Crippen LogP contribution in [0.4, 0.5) is 0 Å². The highest BCUT2D eigenvalue weighted by Crippen LogP contribution is 2.33. The van der Waals surface area contributed by atoms with E-state index in [0.29, 0.717) is 16.9 Å². The predicted molar refractivity (Wildman–Crippen MR) is 84.7 cm³/mol. The molecule has 0 aliphatic heterocycles. The summed E-state index contributed by atoms with van der Waals surface area (Å²) in [6.07, 6.45) is 1.71. The van der Waals surface area contributed by atoms with Crippen molar-refractivity contribution in [1.82, 2.24) is 4.98 Å². The average molecular weight is 364 g/mol. The number of nitrogens with zero attached hydrogens (tertiary/aromatic N) is 1. The van der Waals surface area contributed by atoms with Crippen molar-refractivity contribution < 1.29 is 14.3 Å². The molecular weight excluding hydrogens is 354 g/mol. The van der Waals surface area contributed by atoms with Crippen molar-refractivity contribution in [2.45, 2.75) is 10.8 Å². The topological polar surface area (TPSA) is 63.3 Å². The first-order valence-electron chi connectivity index (χ1n) is 6.14. The second kappa shape index (κ2) is 5.91. The standard InChI is InChI=1S/C15H10BrNO3S/c16-11-5-3-7-17-14(11)21-8-10-9-4-1-2-6-12(9)20-13(10)15(18)19/h1-7H,8H2,(H,18,19). The van der Waals surface area contributed by atoms with Crippen LogP contribution in [0.1, 0.15) is 16.1 Å². The van der Waals surface area contributed by atoms with Gasteiger partial charge >= 0.3 is 5.97 Å². The molecule has 0 fully saturated rings. The van der Waals surface area contributed by atoms with Crippen LogP contribution >= 0.6 is 27.7 Å². The Morgan fingerprint density at radius 2 is 2.10 bits per heavy atom. The number of hydrogen-bond acceptors (Lipinski definition) is 4. The summed E-state index contributed by atoms with van der Waals surface area (Å²) in [6, 6.07) is 11.1. The Morgan fingerprint density at radius 1 is 1.29 bits per heavy atom. The number of carboxylic acids is 1. The summed E-state index contributed by atoms with van der Waals surface area (Å²) in [6.45, 7) is 0. The van der Waals surface area contributed by atoms with Crippen molar-refractivity contribution >= 4 is 44.6 Å². The molecule has 1 N–H and O–H groups in total. The van der Waals surface area contributed by atoms with E-state index in [1.807, 2.05) is 30.3 Å². The number of thioether (sulfide) groups is 1. The molecule has 0 amide bonds. The molecule has 3 aromatic rings. The molecule has 3 rings (SSSR count). The van der Waals surface area contributed by atoms with Gasteiger partial charge in [-0.2, -0.15) is 0 Å². The minimum absolute atomic E-state index is 0.00393. The Morgan fingerprint density at radius 3 is 2.86 bits per heavy atom. The molecule has 0 aliphatic rings. The SMILES string of the molecule is O=C(O)c1oc2ccccc2c1CSc1ncccc1Br. The van der Waals surface area contributed by atoms with Crippen LogP contribution in [0.3, 0.4) is 0 Å². The normalized spacial score (nSPS) is 10.9. The van der Waals surface area contributed by atoms with Gasteiger partial charge in [0.1, 0.15) is 10.6 Å². The first-order chi connectivity index (χ1) is 10.2. The summed E-state index contributed by atoms with van der Waals surface area (Å²) in [4.78, 5) is 15.6. The van der Waals surface area contributed by atoms with E-state index in [9.17, 15) is 9.90 Å². The number of furan rings is 1. The van der Waals surface area contributed by atoms with Gasteiger partial charge in [-0.05, 0) is 34.1 Å². The lowest BCUT2D eigenvalue weighted by Crippen LogP contribution is -1.98. The largest absolute Gasteiger partial charge is 0.475 e. The molecule has 0 radical (unpaired) electrons. The third kappa shape index (κ3) is 2.82. The van der Waals surface area contributed by atoms with E-state index in [2.05, 4.69) is 20.9 Å². The van der Waals surface area contributed by atoms with Crippen molar-refractivity contribution in [1.29, 1.82) is 0 Å². The monoisotopic (exact) mass is 363 g/mol. The summed E-state index contributed by atoms with van der Waals surface area (Å²) in [5.74, 6) is -0.577. The van der Waals surface area contributed by atoms with Crippen LogP contribution in [0.25, 0.3) is 11.0 Å². The van der Waals surface area contributed by atoms with E-state index in [1.165, 1.54) is 11.8 Å². The second-order valence-corrected chi connectivity index (χ2v) is 6.11. The van der Waals surface area contributed by atoms with Crippen LogP contribution in [-0.2, 0) is 5.75 Å². The number of carbonyl (C=O) groups is 1. The molecule has 0 saturated heterocycles. The molecule has 0 bridgehead atoms. The molecule has 21 heavy (non-hydrogen) atoms. The van der Waals surface area contributed by atoms with Gasteiger partial charge in [0.15, 0.2) is 0 Å². The number of aromatic nitrogens is 1. The average Bonchev–Trinajstić information content (AvgIpc) is 2.85. The molecular formula is C15H10BrNO3S. The van der Waals surface area contributed by atoms with E-state index in [-0.39, 0.29) is 5.76 Å². The number of rotatable bonds is 4. The lowest BCUT2D eigenvalue weighted by molar-refractivity contribution is 0.0664. The van der Waals surface area contributed by atoms with Crippen LogP contribution in [-0.4, -0.2) is 16.1 Å². The van der Waals surface area contributed by atoms with Crippen LogP contribution in [0.2, 0.25) is 0 Å². The van der Waals surface area contributed by atoms with Gasteiger partial charge in [0, 0.05) is 27.4 Å². The molecule has 0 saturated carbocycles. The summed E-state index contributed by atoms with van der Waals surface area (Å²) in [5, 5.41) is 10.9. The van der Waals surface area contributed by atoms with Gasteiger partial charge in [-0.1, -0.05) is 18.2 Å². The van der Waals surface area contributed by atoms with Crippen LogP contribution in [0, 0.1) is 0 Å². The Bertz CT molecular complexity index is 816. The minimum Gasteiger partial charge on any atom is -0.475 e. The highest BCUT2D eigenvalue weighted by molar-refractivity contribution is 9.10. The molecule has 6 heteroatoms. The number of fused-ring (bicyclic) bond motifs is 1. The maximum atomic E-state index is 11.3. The van der Waals surface area contributed by atoms with E-state index < -0.39 is 5.97 Å². The van der Waals surface area contributed by atoms with E-state index in [4.69, 9.17) is 4.42 Å². The Balaban J connectivity index is 1.98. The molecule has 2 heterocycles. The minimum atomic E-state index is -1.05. The van der Waals surface area contributed by atoms with Gasteiger partial charge in [-0.3, -0.25) is 0 Å². The predicted octanol–water partition coefficient (Wildman–Crippen LogP) is 4.58. The van der Waals surface area contributed by atoms with Gasteiger partial charge in [0.05, 0.1) is 0 Å². The summed E-state index contributed by atoms with van der Waals surface area (Å²) in [7, 11) is 0. The Kier molecular flexibility index (Phi) is 3.98. The maximum Gasteiger partial charge on any atom is 0.372 e. The molecule has 4 nitrogen and oxygen atoms in total. The first kappa shape index (κ1) is 14.2. The van der Waals surface area contributed by atoms with Crippen molar-refractivity contribution in [3.63, 3.8) is 0 Å². The Labute approximate surface area is 133 Å². The molecule has 0 spiro atoms. The summed E-state index contributed by atoms with van der Waals surface area (Å²) < 4.78 is 6.32. The number of benzene rings is 1. The highest BCUT2D eigenvalue weighted by Gasteiger charge is 2.20. The number of aromatic carboxylic acids is 1. The molecule has 106 valence electrons. The zero-order valence-corrected chi connectivity index (χ0v) is 13.1. The third-order valence-corrected chi connectivity index (χ3v) is 4.90. The van der Waals surface area contributed by atoms with E-state index in [1.54, 1.807) is 12.3 Å². The number of halogens is 1. The fraction of sp³-hybridized carbons (Fsp3) is 0.0667. The van der Waals surface area contributed by atoms with E-state index >= 15 is 0 Å². The van der Waals surface area contributed by atoms with Gasteiger partial charge in [0.2, 0.25) is 5.76 Å². The summed E-state index contributed by atoms with van der Waals surface area (Å²) >= 11 is 4.90. The zero-order valence-electron chi connectivity index (χ0n) is 10.7. The quantitative estimate of drug-likeness (QED) is 0.687. The lowest BCUT2D eigenvalue weighted by atomic mass is 10.1. The highest BCUT2D eigenvalue weighted by atomic mass is 79.9. The number of carboxylic acid groups (broad SMARTS) is 1. The van der Waals surface area contributed by atoms with Crippen molar-refractivity contribution in [2.75, 3.05) is 0 Å². The second-order valence-electron chi connectivity index (χ2n) is 4.29. The molecule has 0 unspecified atom stereocenters. The third-order valence-electron chi connectivity index (χ3n) is 2.97. The number of para-hydroxylation sites is 1. The first-order valence-corrected chi connectivity index (χ1v) is 7.91. The van der Waals surface area contributed by atoms with Gasteiger partial charge < -0.3 is 9.52 Å². The smallest absolute Gasteiger partial charge is 0.372 e. The summed E-state index contributed by atoms with van der Waals surface area (Å²) in [5.41, 5.74) is 1.27. The molecule has 1 aromatic carbocycles. The van der Waals surface area contributed by atoms with E-state index in [0.717, 1.165) is 14.9 Å². The Hall–Kier alpha value is -1.79. The molecule has 0 atom stereocenters.